The molecule has 0 aliphatic rings. The Morgan fingerprint density at radius 1 is 1.38 bits per heavy atom. The van der Waals surface area contributed by atoms with Crippen molar-refractivity contribution in [1.29, 1.82) is 0 Å². The van der Waals surface area contributed by atoms with Gasteiger partial charge in [-0.3, -0.25) is 4.90 Å². The maximum Gasteiger partial charge on any atom is 0.151 e. The van der Waals surface area contributed by atoms with E-state index < -0.39 is 0 Å². The van der Waals surface area contributed by atoms with E-state index in [0.29, 0.717) is 0 Å². The van der Waals surface area contributed by atoms with Gasteiger partial charge in [0.15, 0.2) is 6.23 Å². The summed E-state index contributed by atoms with van der Waals surface area (Å²) in [6.45, 7) is 2.11. The molecule has 0 saturated heterocycles. The lowest BCUT2D eigenvalue weighted by atomic mass is 10.3. The number of hydrogen-bond donors (Lipinski definition) is 0. The number of nitrogens with zero attached hydrogens (tertiary/aromatic N) is 1. The average molecular weight is 178 g/mol. The van der Waals surface area contributed by atoms with Gasteiger partial charge in [0.05, 0.1) is 0 Å². The van der Waals surface area contributed by atoms with Crippen LogP contribution >= 0.6 is 0 Å². The topological polar surface area (TPSA) is 12.5 Å². The van der Waals surface area contributed by atoms with Gasteiger partial charge in [-0.05, 0) is 38.7 Å². The molecule has 0 aromatic heterocycles. The van der Waals surface area contributed by atoms with Crippen molar-refractivity contribution in [2.45, 2.75) is 19.6 Å². The summed E-state index contributed by atoms with van der Waals surface area (Å²) in [5.41, 5.74) is 0. The lowest BCUT2D eigenvalue weighted by Crippen LogP contribution is -2.32. The molecule has 0 aliphatic heterocycles. The SMILES string of the molecule is CCC(Oc1cc[c]cc1)N(C)C. The van der Waals surface area contributed by atoms with Crippen LogP contribution in [0, 0.1) is 6.07 Å². The van der Waals surface area contributed by atoms with Crippen LogP contribution in [0.4, 0.5) is 0 Å². The smallest absolute Gasteiger partial charge is 0.151 e. The summed E-state index contributed by atoms with van der Waals surface area (Å²) in [5.74, 6) is 0.902. The first-order valence-electron chi connectivity index (χ1n) is 4.53. The molecule has 13 heavy (non-hydrogen) atoms. The number of benzene rings is 1. The minimum absolute atomic E-state index is 0.155. The van der Waals surface area contributed by atoms with E-state index >= 15 is 0 Å². The predicted molar refractivity (Wildman–Crippen MR) is 53.7 cm³/mol. The summed E-state index contributed by atoms with van der Waals surface area (Å²) < 4.78 is 5.73. The van der Waals surface area contributed by atoms with Gasteiger partial charge in [0.25, 0.3) is 0 Å². The molecule has 1 rings (SSSR count). The summed E-state index contributed by atoms with van der Waals surface area (Å²) in [4.78, 5) is 2.07. The molecular weight excluding hydrogens is 162 g/mol. The van der Waals surface area contributed by atoms with Crippen molar-refractivity contribution in [3.05, 3.63) is 30.3 Å². The van der Waals surface area contributed by atoms with Crippen LogP contribution in [0.2, 0.25) is 0 Å². The molecule has 2 heteroatoms. The molecule has 71 valence electrons. The second-order valence-electron chi connectivity index (χ2n) is 3.18. The summed E-state index contributed by atoms with van der Waals surface area (Å²) >= 11 is 0. The van der Waals surface area contributed by atoms with Crippen LogP contribution in [0.15, 0.2) is 24.3 Å². The van der Waals surface area contributed by atoms with Crippen molar-refractivity contribution in [2.75, 3.05) is 14.1 Å². The van der Waals surface area contributed by atoms with Crippen LogP contribution in [0.3, 0.4) is 0 Å². The number of hydrogen-bond acceptors (Lipinski definition) is 2. The zero-order valence-electron chi connectivity index (χ0n) is 8.45. The van der Waals surface area contributed by atoms with Gasteiger partial charge in [0.2, 0.25) is 0 Å². The van der Waals surface area contributed by atoms with E-state index in [1.807, 2.05) is 38.4 Å². The first-order valence-corrected chi connectivity index (χ1v) is 4.53. The van der Waals surface area contributed by atoms with Gasteiger partial charge in [-0.1, -0.05) is 19.1 Å². The molecule has 1 unspecified atom stereocenters. The fraction of sp³-hybridized carbons (Fsp3) is 0.455. The van der Waals surface area contributed by atoms with E-state index in [4.69, 9.17) is 4.74 Å². The zero-order valence-corrected chi connectivity index (χ0v) is 8.45. The Morgan fingerprint density at radius 3 is 2.46 bits per heavy atom. The van der Waals surface area contributed by atoms with Crippen molar-refractivity contribution in [2.24, 2.45) is 0 Å². The number of rotatable bonds is 4. The highest BCUT2D eigenvalue weighted by Gasteiger charge is 2.09. The summed E-state index contributed by atoms with van der Waals surface area (Å²) in [6, 6.07) is 10.5. The molecule has 1 aromatic rings. The highest BCUT2D eigenvalue weighted by Crippen LogP contribution is 2.12. The lowest BCUT2D eigenvalue weighted by Gasteiger charge is -2.23. The summed E-state index contributed by atoms with van der Waals surface area (Å²) in [5, 5.41) is 0. The van der Waals surface area contributed by atoms with Crippen molar-refractivity contribution < 1.29 is 4.74 Å². The first-order chi connectivity index (χ1) is 6.24. The Bertz CT molecular complexity index is 233. The van der Waals surface area contributed by atoms with Gasteiger partial charge >= 0.3 is 0 Å². The number of ether oxygens (including phenoxy) is 1. The molecule has 0 fully saturated rings. The Morgan fingerprint density at radius 2 is 2.00 bits per heavy atom. The van der Waals surface area contributed by atoms with Gasteiger partial charge in [-0.2, -0.15) is 0 Å². The maximum atomic E-state index is 5.73. The second kappa shape index (κ2) is 4.87. The van der Waals surface area contributed by atoms with Crippen molar-refractivity contribution >= 4 is 0 Å². The molecule has 0 saturated carbocycles. The molecule has 0 aliphatic carbocycles. The first kappa shape index (κ1) is 10.1. The molecule has 1 aromatic carbocycles. The van der Waals surface area contributed by atoms with E-state index in [2.05, 4.69) is 17.9 Å². The Balaban J connectivity index is 2.57. The third kappa shape index (κ3) is 3.07. The van der Waals surface area contributed by atoms with E-state index in [1.165, 1.54) is 0 Å². The van der Waals surface area contributed by atoms with Crippen molar-refractivity contribution in [3.63, 3.8) is 0 Å². The summed E-state index contributed by atoms with van der Waals surface area (Å²) in [7, 11) is 4.03. The molecular formula is C11H16NO. The largest absolute Gasteiger partial charge is 0.475 e. The van der Waals surface area contributed by atoms with Crippen LogP contribution in [0.1, 0.15) is 13.3 Å². The van der Waals surface area contributed by atoms with E-state index in [9.17, 15) is 0 Å². The fourth-order valence-electron chi connectivity index (χ4n) is 1.16. The second-order valence-corrected chi connectivity index (χ2v) is 3.18. The Labute approximate surface area is 80.1 Å². The van der Waals surface area contributed by atoms with E-state index in [-0.39, 0.29) is 6.23 Å². The van der Waals surface area contributed by atoms with E-state index in [1.54, 1.807) is 0 Å². The normalized spacial score (nSPS) is 12.9. The standard InChI is InChI=1S/C11H16NO/c1-4-11(12(2)3)13-10-8-6-5-7-9-10/h6-9,11H,4H2,1-3H3. The fourth-order valence-corrected chi connectivity index (χ4v) is 1.16. The molecule has 0 spiro atoms. The highest BCUT2D eigenvalue weighted by molar-refractivity contribution is 5.20. The van der Waals surface area contributed by atoms with Crippen LogP contribution in [-0.2, 0) is 0 Å². The third-order valence-electron chi connectivity index (χ3n) is 1.88. The molecule has 0 N–H and O–H groups in total. The van der Waals surface area contributed by atoms with Crippen LogP contribution in [0.25, 0.3) is 0 Å². The Kier molecular flexibility index (Phi) is 3.77. The van der Waals surface area contributed by atoms with Gasteiger partial charge < -0.3 is 4.74 Å². The molecule has 0 amide bonds. The zero-order chi connectivity index (χ0) is 9.68. The molecule has 2 nitrogen and oxygen atoms in total. The maximum absolute atomic E-state index is 5.73. The van der Waals surface area contributed by atoms with Crippen molar-refractivity contribution in [3.8, 4) is 5.75 Å². The highest BCUT2D eigenvalue weighted by atomic mass is 16.5. The minimum Gasteiger partial charge on any atom is -0.475 e. The predicted octanol–water partition coefficient (Wildman–Crippen LogP) is 2.16. The van der Waals surface area contributed by atoms with Crippen LogP contribution < -0.4 is 4.74 Å². The molecule has 1 atom stereocenters. The average Bonchev–Trinajstić information content (AvgIpc) is 2.15. The van der Waals surface area contributed by atoms with E-state index in [0.717, 1.165) is 12.2 Å². The third-order valence-corrected chi connectivity index (χ3v) is 1.88. The molecule has 1 radical (unpaired) electrons. The molecule has 0 bridgehead atoms. The van der Waals surface area contributed by atoms with Crippen LogP contribution in [0.5, 0.6) is 5.75 Å². The minimum atomic E-state index is 0.155. The van der Waals surface area contributed by atoms with Gasteiger partial charge in [0.1, 0.15) is 5.75 Å². The quantitative estimate of drug-likeness (QED) is 0.655. The Hall–Kier alpha value is -1.02. The van der Waals surface area contributed by atoms with Gasteiger partial charge in [-0.15, -0.1) is 0 Å². The van der Waals surface area contributed by atoms with Gasteiger partial charge in [-0.25, -0.2) is 0 Å². The monoisotopic (exact) mass is 178 g/mol. The van der Waals surface area contributed by atoms with Crippen molar-refractivity contribution in [1.82, 2.24) is 4.90 Å². The summed E-state index contributed by atoms with van der Waals surface area (Å²) in [6.07, 6.45) is 1.13. The van der Waals surface area contributed by atoms with Gasteiger partial charge in [0, 0.05) is 0 Å². The lowest BCUT2D eigenvalue weighted by molar-refractivity contribution is 0.0612. The van der Waals surface area contributed by atoms with Crippen LogP contribution in [-0.4, -0.2) is 25.2 Å². The molecule has 0 heterocycles.